The first kappa shape index (κ1) is 18.2. The number of Topliss-reactive ketones (excluding diaryl/α,β-unsaturated/α-hetero) is 1. The highest BCUT2D eigenvalue weighted by atomic mass is 16.3. The predicted octanol–water partition coefficient (Wildman–Crippen LogP) is 2.92. The summed E-state index contributed by atoms with van der Waals surface area (Å²) < 4.78 is 0. The van der Waals surface area contributed by atoms with Crippen molar-refractivity contribution in [3.8, 4) is 5.75 Å². The van der Waals surface area contributed by atoms with Crippen molar-refractivity contribution in [2.45, 2.75) is 75.8 Å². The molecule has 1 saturated heterocycles. The van der Waals surface area contributed by atoms with Gasteiger partial charge >= 0.3 is 0 Å². The van der Waals surface area contributed by atoms with Crippen molar-refractivity contribution in [1.29, 1.82) is 0 Å². The van der Waals surface area contributed by atoms with Gasteiger partial charge in [0, 0.05) is 35.9 Å². The lowest BCUT2D eigenvalue weighted by atomic mass is 9.51. The van der Waals surface area contributed by atoms with Crippen molar-refractivity contribution < 1.29 is 14.7 Å². The van der Waals surface area contributed by atoms with Crippen LogP contribution in [0.2, 0.25) is 0 Å². The van der Waals surface area contributed by atoms with E-state index < -0.39 is 5.91 Å². The lowest BCUT2D eigenvalue weighted by Crippen LogP contribution is -2.63. The molecule has 1 aliphatic heterocycles. The standard InChI is InChI=1S/C23H30N2O3/c1-13(10-14-2-3-14)25-9-8-23-12-16(26)5-7-18(23)19(25)11-15-4-6-17(22(24)28)21(27)20(15)23/h4,6,13-14,18-19,27H,2-3,5,7-12H2,1H3,(H2,24,28)/t13-,18?,19?,23?/m0/s1. The van der Waals surface area contributed by atoms with Crippen molar-refractivity contribution in [2.24, 2.45) is 17.6 Å². The third-order valence-electron chi connectivity index (χ3n) is 8.06. The summed E-state index contributed by atoms with van der Waals surface area (Å²) in [6.45, 7) is 3.32. The lowest BCUT2D eigenvalue weighted by molar-refractivity contribution is -0.128. The average molecular weight is 383 g/mol. The molecule has 0 spiro atoms. The molecule has 1 heterocycles. The molecule has 0 radical (unpaired) electrons. The largest absolute Gasteiger partial charge is 0.507 e. The van der Waals surface area contributed by atoms with Gasteiger partial charge in [-0.2, -0.15) is 0 Å². The minimum absolute atomic E-state index is 0.0302. The third-order valence-corrected chi connectivity index (χ3v) is 8.06. The Morgan fingerprint density at radius 3 is 2.86 bits per heavy atom. The molecule has 3 aliphatic carbocycles. The second-order valence-electron chi connectivity index (χ2n) is 9.66. The van der Waals surface area contributed by atoms with Crippen molar-refractivity contribution in [3.05, 3.63) is 28.8 Å². The fourth-order valence-corrected chi connectivity index (χ4v) is 6.68. The number of piperidine rings is 1. The van der Waals surface area contributed by atoms with Gasteiger partial charge in [0.25, 0.3) is 5.91 Å². The van der Waals surface area contributed by atoms with E-state index in [0.717, 1.165) is 42.9 Å². The summed E-state index contributed by atoms with van der Waals surface area (Å²) in [6, 6.07) is 4.61. The SMILES string of the molecule is C[C@@H](CC1CC1)N1CCC23CC(=O)CCC2C1Cc1ccc(C(N)=O)c(O)c13. The van der Waals surface area contributed by atoms with Crippen LogP contribution < -0.4 is 5.73 Å². The number of hydrogen-bond acceptors (Lipinski definition) is 4. The van der Waals surface area contributed by atoms with Gasteiger partial charge in [-0.1, -0.05) is 18.9 Å². The molecule has 3 fully saturated rings. The lowest BCUT2D eigenvalue weighted by Gasteiger charge is -2.59. The summed E-state index contributed by atoms with van der Waals surface area (Å²) >= 11 is 0. The Hall–Kier alpha value is -1.88. The van der Waals surface area contributed by atoms with Gasteiger partial charge in [0.15, 0.2) is 0 Å². The van der Waals surface area contributed by atoms with Crippen molar-refractivity contribution >= 4 is 11.7 Å². The molecule has 1 aromatic carbocycles. The monoisotopic (exact) mass is 382 g/mol. The topological polar surface area (TPSA) is 83.6 Å². The van der Waals surface area contributed by atoms with Crippen LogP contribution in [0.3, 0.4) is 0 Å². The van der Waals surface area contributed by atoms with Crippen LogP contribution in [0.1, 0.15) is 73.4 Å². The summed E-state index contributed by atoms with van der Waals surface area (Å²) in [5.74, 6) is 0.969. The normalized spacial score (nSPS) is 33.1. The Balaban J connectivity index is 1.60. The van der Waals surface area contributed by atoms with E-state index >= 15 is 0 Å². The molecule has 3 unspecified atom stereocenters. The molecule has 5 heteroatoms. The van der Waals surface area contributed by atoms with Crippen LogP contribution in [0.5, 0.6) is 5.75 Å². The molecule has 0 aromatic heterocycles. The number of ketones is 1. The zero-order valence-electron chi connectivity index (χ0n) is 16.6. The number of aromatic hydroxyl groups is 1. The maximum absolute atomic E-state index is 12.5. The van der Waals surface area contributed by atoms with E-state index in [0.29, 0.717) is 30.8 Å². The number of amides is 1. The average Bonchev–Trinajstić information content (AvgIpc) is 3.44. The molecule has 5 rings (SSSR count). The number of hydrogen-bond donors (Lipinski definition) is 2. The molecule has 2 saturated carbocycles. The van der Waals surface area contributed by atoms with Crippen LogP contribution in [0.15, 0.2) is 12.1 Å². The fourth-order valence-electron chi connectivity index (χ4n) is 6.68. The molecule has 4 atom stereocenters. The quantitative estimate of drug-likeness (QED) is 0.839. The predicted molar refractivity (Wildman–Crippen MR) is 106 cm³/mol. The second kappa shape index (κ2) is 6.31. The number of rotatable bonds is 4. The molecule has 150 valence electrons. The first-order valence-corrected chi connectivity index (χ1v) is 10.8. The molecular weight excluding hydrogens is 352 g/mol. The van der Waals surface area contributed by atoms with E-state index in [9.17, 15) is 14.7 Å². The Bertz CT molecular complexity index is 846. The van der Waals surface area contributed by atoms with Gasteiger partial charge in [-0.25, -0.2) is 0 Å². The first-order chi connectivity index (χ1) is 13.4. The van der Waals surface area contributed by atoms with E-state index in [1.54, 1.807) is 6.07 Å². The van der Waals surface area contributed by atoms with E-state index in [-0.39, 0.29) is 22.5 Å². The van der Waals surface area contributed by atoms with Crippen LogP contribution in [-0.4, -0.2) is 40.3 Å². The molecule has 1 amide bonds. The zero-order valence-corrected chi connectivity index (χ0v) is 16.6. The highest BCUT2D eigenvalue weighted by Gasteiger charge is 2.57. The number of phenols is 1. The number of carbonyl (C=O) groups is 2. The maximum atomic E-state index is 12.5. The smallest absolute Gasteiger partial charge is 0.252 e. The minimum Gasteiger partial charge on any atom is -0.507 e. The van der Waals surface area contributed by atoms with Crippen LogP contribution in [0.25, 0.3) is 0 Å². The number of nitrogens with two attached hydrogens (primary N) is 1. The number of benzene rings is 1. The number of nitrogens with zero attached hydrogens (tertiary/aromatic N) is 1. The van der Waals surface area contributed by atoms with Crippen LogP contribution in [0.4, 0.5) is 0 Å². The number of likely N-dealkylation sites (tertiary alicyclic amines) is 1. The summed E-state index contributed by atoms with van der Waals surface area (Å²) in [6.07, 6.45) is 7.79. The Morgan fingerprint density at radius 2 is 2.14 bits per heavy atom. The van der Waals surface area contributed by atoms with Crippen LogP contribution >= 0.6 is 0 Å². The van der Waals surface area contributed by atoms with E-state index in [2.05, 4.69) is 11.8 Å². The van der Waals surface area contributed by atoms with E-state index in [4.69, 9.17) is 5.73 Å². The molecule has 28 heavy (non-hydrogen) atoms. The van der Waals surface area contributed by atoms with Crippen molar-refractivity contribution in [2.75, 3.05) is 6.54 Å². The van der Waals surface area contributed by atoms with E-state index in [1.807, 2.05) is 6.07 Å². The second-order valence-corrected chi connectivity index (χ2v) is 9.66. The molecule has 1 aromatic rings. The zero-order chi connectivity index (χ0) is 19.6. The van der Waals surface area contributed by atoms with Gasteiger partial charge in [-0.15, -0.1) is 0 Å². The minimum atomic E-state index is -0.604. The number of fused-ring (bicyclic) bond motifs is 1. The van der Waals surface area contributed by atoms with Gasteiger partial charge in [0.05, 0.1) is 5.56 Å². The van der Waals surface area contributed by atoms with Gasteiger partial charge in [0.2, 0.25) is 0 Å². The van der Waals surface area contributed by atoms with Gasteiger partial charge in [-0.05, 0) is 62.6 Å². The molecule has 5 nitrogen and oxygen atoms in total. The number of primary amides is 1. The van der Waals surface area contributed by atoms with Crippen LogP contribution in [0, 0.1) is 11.8 Å². The Labute approximate surface area is 166 Å². The molecule has 3 N–H and O–H groups in total. The highest BCUT2D eigenvalue weighted by molar-refractivity contribution is 5.96. The summed E-state index contributed by atoms with van der Waals surface area (Å²) in [7, 11) is 0. The number of carbonyl (C=O) groups excluding carboxylic acids is 2. The van der Waals surface area contributed by atoms with Gasteiger partial charge in [-0.3, -0.25) is 14.5 Å². The Morgan fingerprint density at radius 1 is 1.36 bits per heavy atom. The van der Waals surface area contributed by atoms with Gasteiger partial charge in [0.1, 0.15) is 11.5 Å². The summed E-state index contributed by atoms with van der Waals surface area (Å²) in [4.78, 5) is 27.1. The summed E-state index contributed by atoms with van der Waals surface area (Å²) in [5, 5.41) is 11.0. The molecule has 2 bridgehead atoms. The van der Waals surface area contributed by atoms with E-state index in [1.165, 1.54) is 19.3 Å². The van der Waals surface area contributed by atoms with Gasteiger partial charge < -0.3 is 10.8 Å². The molecular formula is C23H30N2O3. The molecule has 4 aliphatic rings. The first-order valence-electron chi connectivity index (χ1n) is 10.8. The third kappa shape index (κ3) is 2.62. The maximum Gasteiger partial charge on any atom is 0.252 e. The highest BCUT2D eigenvalue weighted by Crippen LogP contribution is 2.58. The van der Waals surface area contributed by atoms with Crippen LogP contribution in [-0.2, 0) is 16.6 Å². The van der Waals surface area contributed by atoms with Crippen molar-refractivity contribution in [3.63, 3.8) is 0 Å². The Kier molecular flexibility index (Phi) is 4.10. The van der Waals surface area contributed by atoms with Crippen molar-refractivity contribution in [1.82, 2.24) is 4.90 Å². The summed E-state index contributed by atoms with van der Waals surface area (Å²) in [5.41, 5.74) is 7.32. The fraction of sp³-hybridized carbons (Fsp3) is 0.652.